The van der Waals surface area contributed by atoms with Gasteiger partial charge < -0.3 is 10.1 Å². The fourth-order valence-electron chi connectivity index (χ4n) is 1.91. The lowest BCUT2D eigenvalue weighted by molar-refractivity contribution is 0.0600. The molecule has 0 heterocycles. The van der Waals surface area contributed by atoms with Gasteiger partial charge in [-0.2, -0.15) is 5.26 Å². The van der Waals surface area contributed by atoms with Gasteiger partial charge in [-0.1, -0.05) is 11.6 Å². The fourth-order valence-corrected chi connectivity index (χ4v) is 2.08. The van der Waals surface area contributed by atoms with E-state index in [4.69, 9.17) is 16.9 Å². The van der Waals surface area contributed by atoms with Crippen molar-refractivity contribution in [2.24, 2.45) is 0 Å². The Kier molecular flexibility index (Phi) is 4.97. The number of carbonyl (C=O) groups excluding carboxylic acids is 1. The summed E-state index contributed by atoms with van der Waals surface area (Å²) < 4.78 is 18.4. The zero-order valence-electron chi connectivity index (χ0n) is 11.7. The molecule has 0 aliphatic rings. The molecule has 2 aromatic carbocycles. The molecule has 112 valence electrons. The Labute approximate surface area is 132 Å². The highest BCUT2D eigenvalue weighted by Gasteiger charge is 2.10. The first-order valence-electron chi connectivity index (χ1n) is 6.35. The summed E-state index contributed by atoms with van der Waals surface area (Å²) in [4.78, 5) is 11.5. The Balaban J connectivity index is 2.23. The fraction of sp³-hybridized carbons (Fsp3) is 0.125. The average Bonchev–Trinajstić information content (AvgIpc) is 2.53. The Morgan fingerprint density at radius 1 is 1.36 bits per heavy atom. The van der Waals surface area contributed by atoms with Crippen molar-refractivity contribution in [2.75, 3.05) is 12.4 Å². The maximum Gasteiger partial charge on any atom is 0.337 e. The molecule has 0 unspecified atom stereocenters. The topological polar surface area (TPSA) is 62.1 Å². The first-order chi connectivity index (χ1) is 10.5. The van der Waals surface area contributed by atoms with Gasteiger partial charge >= 0.3 is 5.97 Å². The molecule has 0 saturated heterocycles. The SMILES string of the molecule is COC(=O)c1ccc(F)c(CNc2cc(Cl)ccc2C#N)c1. The van der Waals surface area contributed by atoms with Gasteiger partial charge in [0.25, 0.3) is 0 Å². The van der Waals surface area contributed by atoms with E-state index in [0.717, 1.165) is 0 Å². The first kappa shape index (κ1) is 15.8. The van der Waals surface area contributed by atoms with E-state index in [9.17, 15) is 9.18 Å². The van der Waals surface area contributed by atoms with Crippen molar-refractivity contribution in [3.8, 4) is 6.07 Å². The molecule has 0 amide bonds. The molecule has 2 aromatic rings. The minimum Gasteiger partial charge on any atom is -0.465 e. The second-order valence-corrected chi connectivity index (χ2v) is 4.89. The lowest BCUT2D eigenvalue weighted by Gasteiger charge is -2.10. The third-order valence-electron chi connectivity index (χ3n) is 3.04. The first-order valence-corrected chi connectivity index (χ1v) is 6.73. The number of rotatable bonds is 4. The van der Waals surface area contributed by atoms with E-state index < -0.39 is 11.8 Å². The van der Waals surface area contributed by atoms with Crippen molar-refractivity contribution in [1.82, 2.24) is 0 Å². The van der Waals surface area contributed by atoms with Gasteiger partial charge in [-0.05, 0) is 36.4 Å². The zero-order chi connectivity index (χ0) is 16.1. The lowest BCUT2D eigenvalue weighted by atomic mass is 10.1. The van der Waals surface area contributed by atoms with Crippen LogP contribution in [0, 0.1) is 17.1 Å². The number of nitriles is 1. The van der Waals surface area contributed by atoms with Crippen molar-refractivity contribution in [3.05, 3.63) is 63.9 Å². The molecule has 22 heavy (non-hydrogen) atoms. The highest BCUT2D eigenvalue weighted by molar-refractivity contribution is 6.30. The van der Waals surface area contributed by atoms with Crippen molar-refractivity contribution >= 4 is 23.3 Å². The monoisotopic (exact) mass is 318 g/mol. The Bertz CT molecular complexity index is 756. The van der Waals surface area contributed by atoms with E-state index in [1.54, 1.807) is 18.2 Å². The van der Waals surface area contributed by atoms with E-state index in [1.807, 2.05) is 6.07 Å². The molecule has 0 aromatic heterocycles. The third kappa shape index (κ3) is 3.54. The summed E-state index contributed by atoms with van der Waals surface area (Å²) in [7, 11) is 1.26. The number of nitrogens with one attached hydrogen (secondary N) is 1. The van der Waals surface area contributed by atoms with Crippen LogP contribution in [0.25, 0.3) is 0 Å². The zero-order valence-corrected chi connectivity index (χ0v) is 12.4. The summed E-state index contributed by atoms with van der Waals surface area (Å²) >= 11 is 5.89. The number of anilines is 1. The predicted molar refractivity (Wildman–Crippen MR) is 81.2 cm³/mol. The number of carbonyl (C=O) groups is 1. The Morgan fingerprint density at radius 3 is 2.82 bits per heavy atom. The number of hydrogen-bond donors (Lipinski definition) is 1. The summed E-state index contributed by atoms with van der Waals surface area (Å²) in [6, 6.07) is 10.7. The predicted octanol–water partition coefficient (Wildman–Crippen LogP) is 3.75. The van der Waals surface area contributed by atoms with Crippen molar-refractivity contribution in [3.63, 3.8) is 0 Å². The molecule has 0 aliphatic carbocycles. The van der Waals surface area contributed by atoms with Crippen LogP contribution in [0.1, 0.15) is 21.5 Å². The van der Waals surface area contributed by atoms with Gasteiger partial charge in [-0.3, -0.25) is 0 Å². The number of methoxy groups -OCH3 is 1. The lowest BCUT2D eigenvalue weighted by Crippen LogP contribution is -2.07. The molecule has 1 N–H and O–H groups in total. The van der Waals surface area contributed by atoms with Gasteiger partial charge in [0.2, 0.25) is 0 Å². The molecule has 6 heteroatoms. The number of esters is 1. The molecule has 0 aliphatic heterocycles. The van der Waals surface area contributed by atoms with Crippen molar-refractivity contribution in [1.29, 1.82) is 5.26 Å². The standard InChI is InChI=1S/C16H12ClFN2O2/c1-22-16(21)10-3-5-14(18)12(6-10)9-20-15-7-13(17)4-2-11(15)8-19/h2-7,20H,9H2,1H3. The van der Waals surface area contributed by atoms with Gasteiger partial charge in [0.1, 0.15) is 11.9 Å². The Morgan fingerprint density at radius 2 is 2.14 bits per heavy atom. The van der Waals surface area contributed by atoms with Crippen LogP contribution in [0.2, 0.25) is 5.02 Å². The number of nitrogens with zero attached hydrogens (tertiary/aromatic N) is 1. The van der Waals surface area contributed by atoms with E-state index in [1.165, 1.54) is 25.3 Å². The van der Waals surface area contributed by atoms with Crippen LogP contribution < -0.4 is 5.32 Å². The summed E-state index contributed by atoms with van der Waals surface area (Å²) in [5.74, 6) is -0.998. The molecule has 2 rings (SSSR count). The molecule has 0 spiro atoms. The molecule has 4 nitrogen and oxygen atoms in total. The number of benzene rings is 2. The van der Waals surface area contributed by atoms with Crippen molar-refractivity contribution < 1.29 is 13.9 Å². The van der Waals surface area contributed by atoms with Gasteiger partial charge in [0.15, 0.2) is 0 Å². The van der Waals surface area contributed by atoms with E-state index in [2.05, 4.69) is 10.1 Å². The van der Waals surface area contributed by atoms with E-state index in [0.29, 0.717) is 16.3 Å². The summed E-state index contributed by atoms with van der Waals surface area (Å²) in [6.07, 6.45) is 0. The minimum atomic E-state index is -0.540. The second kappa shape index (κ2) is 6.92. The minimum absolute atomic E-state index is 0.103. The van der Waals surface area contributed by atoms with Gasteiger partial charge in [0, 0.05) is 17.1 Å². The molecule has 0 saturated carbocycles. The Hall–Kier alpha value is -2.58. The summed E-state index contributed by atoms with van der Waals surface area (Å²) in [5.41, 5.74) is 1.44. The third-order valence-corrected chi connectivity index (χ3v) is 3.27. The van der Waals surface area contributed by atoms with Crippen LogP contribution in [-0.2, 0) is 11.3 Å². The van der Waals surface area contributed by atoms with Crippen LogP contribution in [0.5, 0.6) is 0 Å². The molecule has 0 bridgehead atoms. The molecular weight excluding hydrogens is 307 g/mol. The summed E-state index contributed by atoms with van der Waals surface area (Å²) in [6.45, 7) is 0.103. The van der Waals surface area contributed by atoms with Gasteiger partial charge in [0.05, 0.1) is 23.9 Å². The van der Waals surface area contributed by atoms with Gasteiger partial charge in [-0.25, -0.2) is 9.18 Å². The van der Waals surface area contributed by atoms with Gasteiger partial charge in [-0.15, -0.1) is 0 Å². The normalized spacial score (nSPS) is 9.91. The largest absolute Gasteiger partial charge is 0.465 e. The maximum absolute atomic E-state index is 13.8. The van der Waals surface area contributed by atoms with E-state index >= 15 is 0 Å². The second-order valence-electron chi connectivity index (χ2n) is 4.45. The molecule has 0 atom stereocenters. The van der Waals surface area contributed by atoms with Crippen molar-refractivity contribution in [2.45, 2.75) is 6.54 Å². The summed E-state index contributed by atoms with van der Waals surface area (Å²) in [5, 5.41) is 12.5. The molecular formula is C16H12ClFN2O2. The molecule has 0 fully saturated rings. The quantitative estimate of drug-likeness (QED) is 0.872. The maximum atomic E-state index is 13.8. The highest BCUT2D eigenvalue weighted by Crippen LogP contribution is 2.22. The molecule has 0 radical (unpaired) electrons. The number of halogens is 2. The van der Waals surface area contributed by atoms with E-state index in [-0.39, 0.29) is 17.7 Å². The number of ether oxygens (including phenoxy) is 1. The average molecular weight is 319 g/mol. The highest BCUT2D eigenvalue weighted by atomic mass is 35.5. The smallest absolute Gasteiger partial charge is 0.337 e. The number of hydrogen-bond acceptors (Lipinski definition) is 4. The van der Waals surface area contributed by atoms with Crippen LogP contribution in [0.15, 0.2) is 36.4 Å². The van der Waals surface area contributed by atoms with Crippen LogP contribution in [0.3, 0.4) is 0 Å². The van der Waals surface area contributed by atoms with Crippen LogP contribution in [-0.4, -0.2) is 13.1 Å². The van der Waals surface area contributed by atoms with Crippen LogP contribution >= 0.6 is 11.6 Å². The van der Waals surface area contributed by atoms with Crippen LogP contribution in [0.4, 0.5) is 10.1 Å².